The third kappa shape index (κ3) is 3.95. The lowest BCUT2D eigenvalue weighted by atomic mass is 9.82. The minimum Gasteiger partial charge on any atom is -0.368 e. The van der Waals surface area contributed by atoms with Gasteiger partial charge in [-0.3, -0.25) is 0 Å². The molecule has 3 nitrogen and oxygen atoms in total. The van der Waals surface area contributed by atoms with E-state index in [-0.39, 0.29) is 11.2 Å². The van der Waals surface area contributed by atoms with Crippen molar-refractivity contribution in [2.24, 2.45) is 5.92 Å². The SMILES string of the molecule is CNC1C(CN2CCSC(C)(C)CC2)C(C)(C)OC1(C)C. The zero-order chi connectivity index (χ0) is 15.9. The molecule has 2 heterocycles. The number of thioether (sulfide) groups is 1. The van der Waals surface area contributed by atoms with Crippen LogP contribution in [0, 0.1) is 5.92 Å². The van der Waals surface area contributed by atoms with Crippen molar-refractivity contribution >= 4 is 11.8 Å². The molecule has 0 aromatic heterocycles. The molecule has 0 saturated carbocycles. The fourth-order valence-corrected chi connectivity index (χ4v) is 5.24. The first kappa shape index (κ1) is 17.6. The number of nitrogens with one attached hydrogen (secondary N) is 1. The first-order valence-corrected chi connectivity index (χ1v) is 9.30. The van der Waals surface area contributed by atoms with Crippen molar-refractivity contribution in [3.8, 4) is 0 Å². The van der Waals surface area contributed by atoms with Crippen LogP contribution in [0.15, 0.2) is 0 Å². The molecule has 2 saturated heterocycles. The van der Waals surface area contributed by atoms with E-state index < -0.39 is 0 Å². The maximum Gasteiger partial charge on any atom is 0.0790 e. The molecule has 21 heavy (non-hydrogen) atoms. The molecule has 2 aliphatic rings. The van der Waals surface area contributed by atoms with Crippen LogP contribution in [0.2, 0.25) is 0 Å². The number of hydrogen-bond donors (Lipinski definition) is 1. The second kappa shape index (κ2) is 6.03. The summed E-state index contributed by atoms with van der Waals surface area (Å²) in [5, 5.41) is 3.52. The lowest BCUT2D eigenvalue weighted by Crippen LogP contribution is -2.50. The first-order valence-electron chi connectivity index (χ1n) is 8.31. The summed E-state index contributed by atoms with van der Waals surface area (Å²) in [7, 11) is 2.07. The lowest BCUT2D eigenvalue weighted by molar-refractivity contribution is -0.0793. The average molecular weight is 315 g/mol. The molecule has 0 aliphatic carbocycles. The summed E-state index contributed by atoms with van der Waals surface area (Å²) in [6.45, 7) is 17.3. The Bertz CT molecular complexity index is 368. The number of rotatable bonds is 3. The molecule has 1 N–H and O–H groups in total. The van der Waals surface area contributed by atoms with Crippen molar-refractivity contribution in [3.63, 3.8) is 0 Å². The predicted octanol–water partition coefficient (Wildman–Crippen LogP) is 3.00. The molecule has 0 aromatic rings. The van der Waals surface area contributed by atoms with Gasteiger partial charge in [0.25, 0.3) is 0 Å². The Morgan fingerprint density at radius 1 is 1.10 bits per heavy atom. The quantitative estimate of drug-likeness (QED) is 0.865. The van der Waals surface area contributed by atoms with Gasteiger partial charge in [0.2, 0.25) is 0 Å². The molecule has 2 aliphatic heterocycles. The van der Waals surface area contributed by atoms with Crippen LogP contribution in [0.4, 0.5) is 0 Å². The van der Waals surface area contributed by atoms with Crippen molar-refractivity contribution in [3.05, 3.63) is 0 Å². The van der Waals surface area contributed by atoms with Gasteiger partial charge in [-0.05, 0) is 47.7 Å². The Hall–Kier alpha value is 0.230. The van der Waals surface area contributed by atoms with Crippen molar-refractivity contribution in [2.75, 3.05) is 32.4 Å². The van der Waals surface area contributed by atoms with Gasteiger partial charge in [-0.15, -0.1) is 0 Å². The summed E-state index contributed by atoms with van der Waals surface area (Å²) in [6.07, 6.45) is 1.28. The zero-order valence-corrected chi connectivity index (χ0v) is 15.8. The normalized spacial score (nSPS) is 35.6. The molecule has 0 radical (unpaired) electrons. The maximum atomic E-state index is 6.37. The predicted molar refractivity (Wildman–Crippen MR) is 93.2 cm³/mol. The Kier molecular flexibility index (Phi) is 5.05. The first-order chi connectivity index (χ1) is 9.57. The van der Waals surface area contributed by atoms with Crippen molar-refractivity contribution < 1.29 is 4.74 Å². The minimum absolute atomic E-state index is 0.0634. The van der Waals surface area contributed by atoms with Crippen molar-refractivity contribution in [1.82, 2.24) is 10.2 Å². The van der Waals surface area contributed by atoms with Crippen LogP contribution < -0.4 is 5.32 Å². The highest BCUT2D eigenvalue weighted by atomic mass is 32.2. The van der Waals surface area contributed by atoms with Gasteiger partial charge in [-0.25, -0.2) is 0 Å². The Morgan fingerprint density at radius 2 is 1.76 bits per heavy atom. The molecule has 0 aromatic carbocycles. The third-order valence-corrected chi connectivity index (χ3v) is 6.64. The monoisotopic (exact) mass is 314 g/mol. The van der Waals surface area contributed by atoms with Crippen molar-refractivity contribution in [1.29, 1.82) is 0 Å². The smallest absolute Gasteiger partial charge is 0.0790 e. The Morgan fingerprint density at radius 3 is 2.38 bits per heavy atom. The fraction of sp³-hybridized carbons (Fsp3) is 1.00. The summed E-state index contributed by atoms with van der Waals surface area (Å²) < 4.78 is 6.80. The highest BCUT2D eigenvalue weighted by molar-refractivity contribution is 8.00. The standard InChI is InChI=1S/C17H34N2OS/c1-15(2)8-9-19(10-11-21-15)12-13-14(18-7)17(5,6)20-16(13,3)4/h13-14,18H,8-12H2,1-7H3. The van der Waals surface area contributed by atoms with Crippen LogP contribution in [0.5, 0.6) is 0 Å². The van der Waals surface area contributed by atoms with Crippen LogP contribution in [-0.4, -0.2) is 59.3 Å². The highest BCUT2D eigenvalue weighted by Gasteiger charge is 2.53. The minimum atomic E-state index is -0.0945. The summed E-state index contributed by atoms with van der Waals surface area (Å²) in [4.78, 5) is 2.66. The zero-order valence-electron chi connectivity index (χ0n) is 15.0. The lowest BCUT2D eigenvalue weighted by Gasteiger charge is -2.34. The van der Waals surface area contributed by atoms with E-state index >= 15 is 0 Å². The Labute approximate surface area is 135 Å². The van der Waals surface area contributed by atoms with E-state index in [2.05, 4.69) is 70.6 Å². The van der Waals surface area contributed by atoms with E-state index in [1.807, 2.05) is 0 Å². The average Bonchev–Trinajstić information content (AvgIpc) is 2.44. The van der Waals surface area contributed by atoms with Gasteiger partial charge < -0.3 is 15.0 Å². The molecule has 0 amide bonds. The summed E-state index contributed by atoms with van der Waals surface area (Å²) in [6, 6.07) is 0.413. The molecule has 0 bridgehead atoms. The van der Waals surface area contributed by atoms with E-state index in [1.165, 1.54) is 25.3 Å². The van der Waals surface area contributed by atoms with Crippen LogP contribution in [-0.2, 0) is 4.74 Å². The largest absolute Gasteiger partial charge is 0.368 e. The molecular weight excluding hydrogens is 280 g/mol. The van der Waals surface area contributed by atoms with Crippen LogP contribution >= 0.6 is 11.8 Å². The van der Waals surface area contributed by atoms with Gasteiger partial charge in [-0.2, -0.15) is 11.8 Å². The highest BCUT2D eigenvalue weighted by Crippen LogP contribution is 2.43. The van der Waals surface area contributed by atoms with Crippen molar-refractivity contribution in [2.45, 2.75) is 70.0 Å². The van der Waals surface area contributed by atoms with E-state index in [0.29, 0.717) is 16.7 Å². The molecule has 2 fully saturated rings. The second-order valence-electron chi connectivity index (χ2n) is 8.34. The molecule has 2 rings (SSSR count). The third-order valence-electron chi connectivity index (χ3n) is 5.27. The van der Waals surface area contributed by atoms with Gasteiger partial charge in [0.1, 0.15) is 0 Å². The summed E-state index contributed by atoms with van der Waals surface area (Å²) in [5.74, 6) is 1.78. The fourth-order valence-electron chi connectivity index (χ4n) is 4.10. The van der Waals surface area contributed by atoms with E-state index in [0.717, 1.165) is 6.54 Å². The molecule has 2 atom stereocenters. The van der Waals surface area contributed by atoms with Gasteiger partial charge in [0.05, 0.1) is 11.2 Å². The van der Waals surface area contributed by atoms with Crippen LogP contribution in [0.25, 0.3) is 0 Å². The molecule has 124 valence electrons. The van der Waals surface area contributed by atoms with Crippen LogP contribution in [0.1, 0.15) is 48.0 Å². The van der Waals surface area contributed by atoms with E-state index in [4.69, 9.17) is 4.74 Å². The van der Waals surface area contributed by atoms with Gasteiger partial charge in [0.15, 0.2) is 0 Å². The maximum absolute atomic E-state index is 6.37. The summed E-state index contributed by atoms with van der Waals surface area (Å²) in [5.41, 5.74) is -0.158. The Balaban J connectivity index is 2.07. The van der Waals surface area contributed by atoms with E-state index in [9.17, 15) is 0 Å². The van der Waals surface area contributed by atoms with Gasteiger partial charge in [0, 0.05) is 35.5 Å². The van der Waals surface area contributed by atoms with Crippen LogP contribution in [0.3, 0.4) is 0 Å². The summed E-state index contributed by atoms with van der Waals surface area (Å²) >= 11 is 2.12. The van der Waals surface area contributed by atoms with E-state index in [1.54, 1.807) is 0 Å². The molecular formula is C17H34N2OS. The number of hydrogen-bond acceptors (Lipinski definition) is 4. The molecule has 2 unspecified atom stereocenters. The topological polar surface area (TPSA) is 24.5 Å². The molecule has 0 spiro atoms. The molecule has 4 heteroatoms. The number of ether oxygens (including phenoxy) is 1. The number of likely N-dealkylation sites (N-methyl/N-ethyl adjacent to an activating group) is 1. The second-order valence-corrected chi connectivity index (χ2v) is 10.1. The van der Waals surface area contributed by atoms with Gasteiger partial charge >= 0.3 is 0 Å². The number of nitrogens with zero attached hydrogens (tertiary/aromatic N) is 1. The van der Waals surface area contributed by atoms with Gasteiger partial charge in [-0.1, -0.05) is 13.8 Å².